The van der Waals surface area contributed by atoms with Crippen LogP contribution in [0.4, 0.5) is 14.7 Å². The van der Waals surface area contributed by atoms with Crippen molar-refractivity contribution in [1.82, 2.24) is 36.0 Å². The second kappa shape index (κ2) is 15.4. The number of thiazole rings is 1. The Labute approximate surface area is 317 Å². The molecule has 1 aromatic heterocycles. The fourth-order valence-corrected chi connectivity index (χ4v) is 7.84. The molecule has 25 heteroatoms. The fraction of sp³-hybridized carbons (Fsp3) is 0.414. The molecule has 0 unspecified atom stereocenters. The number of aromatic hydroxyl groups is 2. The zero-order valence-corrected chi connectivity index (χ0v) is 30.5. The maximum atomic E-state index is 13.5. The van der Waals surface area contributed by atoms with Crippen molar-refractivity contribution in [2.75, 3.05) is 38.5 Å². The molecule has 9 N–H and O–H groups in total. The number of halogens is 1. The van der Waals surface area contributed by atoms with Crippen molar-refractivity contribution < 1.29 is 63.7 Å². The number of hydroxylamine groups is 1. The average molecular weight is 814 g/mol. The summed E-state index contributed by atoms with van der Waals surface area (Å²) in [5.74, 6) is -7.06. The van der Waals surface area contributed by atoms with Crippen molar-refractivity contribution in [2.45, 2.75) is 36.1 Å². The molecule has 22 nitrogen and oxygen atoms in total. The Bertz CT molecular complexity index is 1950. The lowest BCUT2D eigenvalue weighted by Gasteiger charge is -2.40. The normalized spacial score (nSPS) is 21.0. The van der Waals surface area contributed by atoms with Crippen molar-refractivity contribution in [1.29, 1.82) is 0 Å². The highest BCUT2D eigenvalue weighted by Gasteiger charge is 2.66. The third kappa shape index (κ3) is 7.71. The van der Waals surface area contributed by atoms with Crippen LogP contribution < -0.4 is 22.0 Å². The number of nitrogen functional groups attached to an aromatic ring is 1. The number of phenols is 2. The standard InChI is InChI=1S/C29H32ClN9O13S2/c1-28(2,23(45)46)52-35-18(14-10-53-25(31)33-14)16(41)9-13-21(44)37-11-29(24(47)48,54-22(13)37)38-6-7-39(27(38)50)34-26(49)36-51-8-5-32-20(43)12-3-4-15(40)19(42)17(12)30/h3-4,10,13,22,40,42H,5-9,11H2,1-2H3,(H2,31,33)(H,32,43)(H,45,46)(H,47,48)(H2,34,36,49)/b35-18-/t13-,22-,29-/m1/s1. The van der Waals surface area contributed by atoms with E-state index < -0.39 is 87.8 Å². The molecule has 1 aromatic carbocycles. The number of phenolic OH excluding ortho intramolecular Hbond substituents is 2. The van der Waals surface area contributed by atoms with Crippen LogP contribution in [-0.4, -0.2) is 136 Å². The second-order valence-electron chi connectivity index (χ2n) is 12.2. The first-order valence-electron chi connectivity index (χ1n) is 15.6. The second-order valence-corrected chi connectivity index (χ2v) is 14.9. The van der Waals surface area contributed by atoms with Gasteiger partial charge in [0.25, 0.3) is 5.91 Å². The highest BCUT2D eigenvalue weighted by atomic mass is 35.5. The first-order chi connectivity index (χ1) is 25.4. The number of oxime groups is 1. The summed E-state index contributed by atoms with van der Waals surface area (Å²) in [7, 11) is 0. The number of thioether (sulfide) groups is 1. The Hall–Kier alpha value is -5.59. The van der Waals surface area contributed by atoms with Crippen molar-refractivity contribution >= 4 is 87.1 Å². The lowest BCUT2D eigenvalue weighted by atomic mass is 9.90. The predicted octanol–water partition coefficient (Wildman–Crippen LogP) is -0.0414. The number of aromatic nitrogens is 1. The molecule has 3 saturated heterocycles. The number of aliphatic carboxylic acids is 2. The summed E-state index contributed by atoms with van der Waals surface area (Å²) in [6.07, 6.45) is -0.477. The average Bonchev–Trinajstić information content (AvgIpc) is 3.81. The Balaban J connectivity index is 1.16. The molecule has 0 aliphatic carbocycles. The minimum Gasteiger partial charge on any atom is -0.504 e. The smallest absolute Gasteiger partial charge is 0.357 e. The Morgan fingerprint density at radius 1 is 1.17 bits per heavy atom. The molecule has 5 rings (SSSR count). The number of rotatable bonds is 15. The summed E-state index contributed by atoms with van der Waals surface area (Å²) < 4.78 is 0. The van der Waals surface area contributed by atoms with E-state index in [1.165, 1.54) is 30.2 Å². The van der Waals surface area contributed by atoms with Crippen LogP contribution in [-0.2, 0) is 28.9 Å². The molecule has 2 aromatic rings. The van der Waals surface area contributed by atoms with Crippen LogP contribution in [0.25, 0.3) is 0 Å². The van der Waals surface area contributed by atoms with E-state index in [1.54, 1.807) is 0 Å². The van der Waals surface area contributed by atoms with Crippen LogP contribution in [0.1, 0.15) is 36.3 Å². The van der Waals surface area contributed by atoms with Gasteiger partial charge in [0.1, 0.15) is 5.69 Å². The summed E-state index contributed by atoms with van der Waals surface area (Å²) in [4.78, 5) is 103. The maximum Gasteiger partial charge on any atom is 0.357 e. The maximum absolute atomic E-state index is 13.5. The number of hydrogen-bond acceptors (Lipinski definition) is 16. The molecule has 3 fully saturated rings. The molecule has 54 heavy (non-hydrogen) atoms. The summed E-state index contributed by atoms with van der Waals surface area (Å²) in [6.45, 7) is 1.28. The van der Waals surface area contributed by atoms with Gasteiger partial charge < -0.3 is 41.2 Å². The largest absolute Gasteiger partial charge is 0.504 e. The van der Waals surface area contributed by atoms with Gasteiger partial charge in [-0.2, -0.15) is 0 Å². The van der Waals surface area contributed by atoms with Crippen LogP contribution >= 0.6 is 34.7 Å². The number of carbonyl (C=O) groups excluding carboxylic acids is 5. The number of ketones is 1. The number of nitrogens with zero attached hydrogens (tertiary/aromatic N) is 5. The summed E-state index contributed by atoms with van der Waals surface area (Å²) in [6, 6.07) is 0.340. The Kier molecular flexibility index (Phi) is 11.3. The van der Waals surface area contributed by atoms with Gasteiger partial charge in [0.15, 0.2) is 28.1 Å². The number of benzene rings is 1. The number of nitrogens with two attached hydrogens (primary N) is 1. The molecule has 0 saturated carbocycles. The molecule has 6 amide bonds. The van der Waals surface area contributed by atoms with Crippen molar-refractivity contribution in [3.05, 3.63) is 33.8 Å². The van der Waals surface area contributed by atoms with Gasteiger partial charge in [0, 0.05) is 24.9 Å². The number of urea groups is 2. The fourth-order valence-electron chi connectivity index (χ4n) is 5.36. The highest BCUT2D eigenvalue weighted by molar-refractivity contribution is 8.02. The first-order valence-corrected chi connectivity index (χ1v) is 17.7. The summed E-state index contributed by atoms with van der Waals surface area (Å²) in [5, 5.41) is 46.1. The van der Waals surface area contributed by atoms with Crippen LogP contribution in [0, 0.1) is 5.92 Å². The van der Waals surface area contributed by atoms with E-state index in [-0.39, 0.29) is 53.4 Å². The minimum atomic E-state index is -1.98. The van der Waals surface area contributed by atoms with E-state index >= 15 is 0 Å². The van der Waals surface area contributed by atoms with E-state index in [0.29, 0.717) is 0 Å². The number of carboxylic acids is 2. The molecule has 0 spiro atoms. The van der Waals surface area contributed by atoms with Gasteiger partial charge in [0.05, 0.1) is 41.6 Å². The highest BCUT2D eigenvalue weighted by Crippen LogP contribution is 2.52. The quantitative estimate of drug-likeness (QED) is 0.0384. The Morgan fingerprint density at radius 3 is 2.54 bits per heavy atom. The first kappa shape index (κ1) is 39.6. The molecule has 3 aliphatic rings. The van der Waals surface area contributed by atoms with Gasteiger partial charge in [-0.05, 0) is 26.0 Å². The number of amides is 6. The molecule has 0 radical (unpaired) electrons. The number of nitrogens with one attached hydrogen (secondary N) is 3. The number of hydrogen-bond donors (Lipinski definition) is 8. The van der Waals surface area contributed by atoms with Crippen LogP contribution in [0.3, 0.4) is 0 Å². The zero-order chi connectivity index (χ0) is 39.7. The van der Waals surface area contributed by atoms with Crippen molar-refractivity contribution in [3.8, 4) is 11.5 Å². The molecule has 0 bridgehead atoms. The summed E-state index contributed by atoms with van der Waals surface area (Å²) in [5.41, 5.74) is 7.59. The van der Waals surface area contributed by atoms with E-state index in [0.717, 1.165) is 39.1 Å². The van der Waals surface area contributed by atoms with Crippen LogP contribution in [0.15, 0.2) is 22.7 Å². The van der Waals surface area contributed by atoms with Gasteiger partial charge in [-0.15, -0.1) is 11.3 Å². The monoisotopic (exact) mass is 813 g/mol. The lowest BCUT2D eigenvalue weighted by Crippen LogP contribution is -2.60. The van der Waals surface area contributed by atoms with E-state index in [1.807, 2.05) is 5.48 Å². The van der Waals surface area contributed by atoms with Gasteiger partial charge in [-0.25, -0.2) is 40.1 Å². The number of β-lactam (4-membered cyclic amide) rings is 1. The van der Waals surface area contributed by atoms with Gasteiger partial charge >= 0.3 is 24.0 Å². The number of anilines is 1. The number of hydrazine groups is 1. The van der Waals surface area contributed by atoms with Crippen LogP contribution in [0.5, 0.6) is 11.5 Å². The third-order valence-corrected chi connectivity index (χ3v) is 11.1. The van der Waals surface area contributed by atoms with E-state index in [9.17, 15) is 54.0 Å². The zero-order valence-electron chi connectivity index (χ0n) is 28.1. The third-order valence-electron chi connectivity index (χ3n) is 8.28. The SMILES string of the molecule is CC(C)(O/N=C(\C(=O)C[C@@H]1C(=O)N2C[C@@](C(=O)O)(N3CCN(NC(=O)NOCCNC(=O)c4ccc(O)c(O)c4Cl)C3=O)S[C@H]12)c1csc(N)n1)C(=O)O. The van der Waals surface area contributed by atoms with Gasteiger partial charge in [0.2, 0.25) is 16.4 Å². The lowest BCUT2D eigenvalue weighted by molar-refractivity contribution is -0.161. The molecule has 4 heterocycles. The molecule has 290 valence electrons. The molecular formula is C29H32ClN9O13S2. The van der Waals surface area contributed by atoms with Crippen molar-refractivity contribution in [2.24, 2.45) is 11.1 Å². The van der Waals surface area contributed by atoms with E-state index in [2.05, 4.69) is 20.9 Å². The number of fused-ring (bicyclic) bond motifs is 1. The number of Topliss-reactive ketones (excluding diaryl/α,β-unsaturated/α-hetero) is 1. The molecule has 3 aliphatic heterocycles. The predicted molar refractivity (Wildman–Crippen MR) is 186 cm³/mol. The topological polar surface area (TPSA) is 316 Å². The number of carbonyl (C=O) groups is 7. The van der Waals surface area contributed by atoms with Gasteiger partial charge in [-0.3, -0.25) is 24.1 Å². The van der Waals surface area contributed by atoms with E-state index in [4.69, 9.17) is 27.0 Å². The minimum absolute atomic E-state index is 0.0133. The number of carboxylic acid groups (broad SMARTS) is 2. The summed E-state index contributed by atoms with van der Waals surface area (Å²) >= 11 is 7.62. The Morgan fingerprint density at radius 2 is 1.89 bits per heavy atom. The van der Waals surface area contributed by atoms with Crippen LogP contribution in [0.2, 0.25) is 5.02 Å². The molecular weight excluding hydrogens is 782 g/mol. The van der Waals surface area contributed by atoms with Crippen molar-refractivity contribution in [3.63, 3.8) is 0 Å². The van der Waals surface area contributed by atoms with Gasteiger partial charge in [-0.1, -0.05) is 28.5 Å². The molecule has 3 atom stereocenters.